The van der Waals surface area contributed by atoms with Crippen molar-refractivity contribution in [3.05, 3.63) is 34.5 Å². The van der Waals surface area contributed by atoms with E-state index in [1.54, 1.807) is 0 Å². The van der Waals surface area contributed by atoms with Crippen molar-refractivity contribution in [1.82, 2.24) is 4.90 Å². The van der Waals surface area contributed by atoms with Crippen molar-refractivity contribution in [1.29, 1.82) is 0 Å². The molecule has 15 heavy (non-hydrogen) atoms. The van der Waals surface area contributed by atoms with Crippen LogP contribution >= 0.6 is 0 Å². The van der Waals surface area contributed by atoms with Gasteiger partial charge in [-0.2, -0.15) is 5.23 Å². The third kappa shape index (κ3) is 1.32. The van der Waals surface area contributed by atoms with Crippen molar-refractivity contribution in [2.75, 3.05) is 7.05 Å². The third-order valence-corrected chi connectivity index (χ3v) is 2.34. The van der Waals surface area contributed by atoms with E-state index >= 15 is 0 Å². The lowest BCUT2D eigenvalue weighted by molar-refractivity contribution is -0.991. The van der Waals surface area contributed by atoms with Gasteiger partial charge < -0.3 is 5.21 Å². The van der Waals surface area contributed by atoms with Gasteiger partial charge in [0.05, 0.1) is 11.1 Å². The van der Waals surface area contributed by atoms with Crippen LogP contribution in [0.25, 0.3) is 0 Å². The van der Waals surface area contributed by atoms with Crippen molar-refractivity contribution in [3.63, 3.8) is 0 Å². The zero-order valence-electron chi connectivity index (χ0n) is 7.85. The van der Waals surface area contributed by atoms with Gasteiger partial charge in [0, 0.05) is 19.2 Å². The molecule has 0 spiro atoms. The number of hydrogen-bond acceptors (Lipinski definition) is 4. The van der Waals surface area contributed by atoms with E-state index < -0.39 is 17.0 Å². The van der Waals surface area contributed by atoms with Crippen molar-refractivity contribution in [3.8, 4) is 0 Å². The van der Waals surface area contributed by atoms with Crippen LogP contribution in [-0.4, -0.2) is 29.0 Å². The predicted molar refractivity (Wildman–Crippen MR) is 48.6 cm³/mol. The van der Waals surface area contributed by atoms with Gasteiger partial charge in [-0.3, -0.25) is 14.5 Å². The van der Waals surface area contributed by atoms with E-state index in [2.05, 4.69) is 0 Å². The molecule has 2 N–H and O–H groups in total. The van der Waals surface area contributed by atoms with Gasteiger partial charge in [-0.05, 0) is 6.07 Å². The molecule has 1 aromatic carbocycles. The smallest absolute Gasteiger partial charge is 0.261 e. The molecule has 1 aliphatic rings. The van der Waals surface area contributed by atoms with Crippen LogP contribution in [0.15, 0.2) is 18.2 Å². The topological polar surface area (TPSA) is 85.1 Å². The number of rotatable bonds is 1. The highest BCUT2D eigenvalue weighted by Gasteiger charge is 2.33. The molecule has 6 heteroatoms. The molecular weight excluding hydrogens is 200 g/mol. The molecule has 1 unspecified atom stereocenters. The first-order chi connectivity index (χ1) is 7.02. The summed E-state index contributed by atoms with van der Waals surface area (Å²) >= 11 is 0. The third-order valence-electron chi connectivity index (χ3n) is 2.34. The Balaban J connectivity index is 2.57. The minimum absolute atomic E-state index is 0.00481. The fourth-order valence-corrected chi connectivity index (χ4v) is 1.49. The molecule has 78 valence electrons. The van der Waals surface area contributed by atoms with Gasteiger partial charge in [0.2, 0.25) is 0 Å². The van der Waals surface area contributed by atoms with Crippen molar-refractivity contribution in [2.45, 2.75) is 0 Å². The van der Waals surface area contributed by atoms with Crippen LogP contribution in [0.3, 0.4) is 0 Å². The maximum Gasteiger partial charge on any atom is 0.261 e. The molecule has 2 amide bonds. The Morgan fingerprint density at radius 1 is 1.27 bits per heavy atom. The van der Waals surface area contributed by atoms with E-state index in [-0.39, 0.29) is 16.8 Å². The minimum Gasteiger partial charge on any atom is -0.595 e. The van der Waals surface area contributed by atoms with Gasteiger partial charge in [-0.15, -0.1) is 0 Å². The maximum absolute atomic E-state index is 11.5. The summed E-state index contributed by atoms with van der Waals surface area (Å²) in [5.74, 6) is -0.856. The predicted octanol–water partition coefficient (Wildman–Crippen LogP) is -0.684. The van der Waals surface area contributed by atoms with Crippen LogP contribution < -0.4 is 5.23 Å². The standard InChI is InChI=1S/C9H8N2O4/c1-10-8(12)6-3-2-5(11(14)15)4-7(6)9(10)13/h2-4,11,14H,1H3. The van der Waals surface area contributed by atoms with Gasteiger partial charge in [0.25, 0.3) is 11.8 Å². The second-order valence-electron chi connectivity index (χ2n) is 3.23. The first-order valence-corrected chi connectivity index (χ1v) is 4.22. The van der Waals surface area contributed by atoms with Gasteiger partial charge in [0.1, 0.15) is 0 Å². The first kappa shape index (κ1) is 9.78. The van der Waals surface area contributed by atoms with Gasteiger partial charge in [-0.1, -0.05) is 0 Å². The Morgan fingerprint density at radius 3 is 2.47 bits per heavy atom. The fraction of sp³-hybridized carbons (Fsp3) is 0.111. The second kappa shape index (κ2) is 3.13. The molecule has 0 aromatic heterocycles. The second-order valence-corrected chi connectivity index (χ2v) is 3.23. The summed E-state index contributed by atoms with van der Waals surface area (Å²) in [5, 5.41) is 18.3. The summed E-state index contributed by atoms with van der Waals surface area (Å²) in [6, 6.07) is 3.90. The van der Waals surface area contributed by atoms with Crippen molar-refractivity contribution in [2.24, 2.45) is 0 Å². The highest BCUT2D eigenvalue weighted by atomic mass is 16.8. The number of benzene rings is 1. The zero-order valence-corrected chi connectivity index (χ0v) is 7.85. The first-order valence-electron chi connectivity index (χ1n) is 4.22. The SMILES string of the molecule is CN1C(=O)c2ccc([NH+]([O-])O)cc2C1=O. The number of nitrogens with one attached hydrogen (secondary N) is 1. The summed E-state index contributed by atoms with van der Waals surface area (Å²) in [7, 11) is 1.37. The van der Waals surface area contributed by atoms with E-state index in [0.29, 0.717) is 0 Å². The van der Waals surface area contributed by atoms with Crippen LogP contribution in [-0.2, 0) is 0 Å². The molecule has 0 aliphatic carbocycles. The summed E-state index contributed by atoms with van der Waals surface area (Å²) in [5.41, 5.74) is 0.417. The Labute approximate surface area is 84.9 Å². The minimum atomic E-state index is -1.12. The Bertz CT molecular complexity index is 455. The highest BCUT2D eigenvalue weighted by molar-refractivity contribution is 6.21. The quantitative estimate of drug-likeness (QED) is 0.472. The molecule has 1 heterocycles. The number of carbonyl (C=O) groups is 2. The molecule has 1 atom stereocenters. The Hall–Kier alpha value is -1.76. The average molecular weight is 208 g/mol. The lowest BCUT2D eigenvalue weighted by Gasteiger charge is -2.11. The van der Waals surface area contributed by atoms with E-state index in [1.807, 2.05) is 0 Å². The van der Waals surface area contributed by atoms with Crippen LogP contribution in [0.1, 0.15) is 20.7 Å². The van der Waals surface area contributed by atoms with Gasteiger partial charge in [-0.25, -0.2) is 5.21 Å². The maximum atomic E-state index is 11.5. The molecule has 0 saturated heterocycles. The lowest BCUT2D eigenvalue weighted by atomic mass is 10.1. The lowest BCUT2D eigenvalue weighted by Crippen LogP contribution is -2.99. The molecule has 0 fully saturated rings. The number of imide groups is 1. The Morgan fingerprint density at radius 2 is 1.87 bits per heavy atom. The summed E-state index contributed by atoms with van der Waals surface area (Å²) in [6.45, 7) is 0. The summed E-state index contributed by atoms with van der Waals surface area (Å²) in [6.07, 6.45) is 0. The summed E-state index contributed by atoms with van der Waals surface area (Å²) in [4.78, 5) is 23.9. The van der Waals surface area contributed by atoms with Crippen LogP contribution in [0.2, 0.25) is 0 Å². The van der Waals surface area contributed by atoms with Crippen molar-refractivity contribution >= 4 is 17.5 Å². The molecule has 6 nitrogen and oxygen atoms in total. The zero-order chi connectivity index (χ0) is 11.2. The number of hydrogen-bond donors (Lipinski definition) is 2. The Kier molecular flexibility index (Phi) is 2.04. The van der Waals surface area contributed by atoms with Crippen molar-refractivity contribution < 1.29 is 20.0 Å². The average Bonchev–Trinajstić information content (AvgIpc) is 2.44. The van der Waals surface area contributed by atoms with Crippen LogP contribution in [0.4, 0.5) is 5.69 Å². The number of carbonyl (C=O) groups excluding carboxylic acids is 2. The largest absolute Gasteiger partial charge is 0.595 e. The number of nitrogens with zero attached hydrogens (tertiary/aromatic N) is 1. The van der Waals surface area contributed by atoms with Gasteiger partial charge >= 0.3 is 0 Å². The molecular formula is C9H8N2O4. The normalized spacial score (nSPS) is 16.9. The molecule has 1 aromatic rings. The molecule has 1 aliphatic heterocycles. The fourth-order valence-electron chi connectivity index (χ4n) is 1.49. The molecule has 0 bridgehead atoms. The van der Waals surface area contributed by atoms with E-state index in [9.17, 15) is 14.8 Å². The van der Waals surface area contributed by atoms with Gasteiger partial charge in [0.15, 0.2) is 5.69 Å². The van der Waals surface area contributed by atoms with E-state index in [1.165, 1.54) is 25.2 Å². The van der Waals surface area contributed by atoms with E-state index in [4.69, 9.17) is 5.21 Å². The van der Waals surface area contributed by atoms with Crippen LogP contribution in [0, 0.1) is 5.21 Å². The molecule has 0 radical (unpaired) electrons. The number of quaternary nitrogens is 1. The van der Waals surface area contributed by atoms with E-state index in [0.717, 1.165) is 4.90 Å². The molecule has 0 saturated carbocycles. The number of amides is 2. The van der Waals surface area contributed by atoms with Crippen LogP contribution in [0.5, 0.6) is 0 Å². The number of fused-ring (bicyclic) bond motifs is 1. The highest BCUT2D eigenvalue weighted by Crippen LogP contribution is 2.23. The molecule has 2 rings (SSSR count). The monoisotopic (exact) mass is 208 g/mol. The summed E-state index contributed by atoms with van der Waals surface area (Å²) < 4.78 is 0.